The van der Waals surface area contributed by atoms with Gasteiger partial charge in [0.15, 0.2) is 6.61 Å². The van der Waals surface area contributed by atoms with Crippen molar-refractivity contribution in [3.63, 3.8) is 0 Å². The van der Waals surface area contributed by atoms with Gasteiger partial charge in [0, 0.05) is 13.1 Å². The number of carbonyl (C=O) groups excluding carboxylic acids is 2. The Bertz CT molecular complexity index is 791. The molecule has 1 N–H and O–H groups in total. The van der Waals surface area contributed by atoms with Gasteiger partial charge in [-0.2, -0.15) is 0 Å². The van der Waals surface area contributed by atoms with Gasteiger partial charge in [-0.25, -0.2) is 4.39 Å². The van der Waals surface area contributed by atoms with E-state index in [0.717, 1.165) is 12.0 Å². The van der Waals surface area contributed by atoms with E-state index < -0.39 is 6.04 Å². The Labute approximate surface area is 171 Å². The molecule has 0 fully saturated rings. The second-order valence-corrected chi connectivity index (χ2v) is 6.75. The van der Waals surface area contributed by atoms with Crippen LogP contribution in [0.3, 0.4) is 0 Å². The molecule has 0 radical (unpaired) electrons. The molecule has 0 saturated heterocycles. The van der Waals surface area contributed by atoms with Crippen molar-refractivity contribution in [2.75, 3.05) is 13.2 Å². The van der Waals surface area contributed by atoms with Crippen LogP contribution in [-0.4, -0.2) is 35.9 Å². The Balaban J connectivity index is 2.15. The molecular formula is C23H29FN2O3. The van der Waals surface area contributed by atoms with Crippen LogP contribution in [0.2, 0.25) is 0 Å². The lowest BCUT2D eigenvalue weighted by Gasteiger charge is -2.30. The monoisotopic (exact) mass is 400 g/mol. The van der Waals surface area contributed by atoms with Gasteiger partial charge in [-0.15, -0.1) is 0 Å². The molecule has 2 aromatic rings. The minimum absolute atomic E-state index is 0.178. The summed E-state index contributed by atoms with van der Waals surface area (Å²) in [6.07, 6.45) is 1.39. The van der Waals surface area contributed by atoms with Crippen molar-refractivity contribution in [1.29, 1.82) is 0 Å². The number of likely N-dealkylation sites (N-methyl/N-ethyl adjacent to an activating group) is 1. The highest BCUT2D eigenvalue weighted by Crippen LogP contribution is 2.16. The van der Waals surface area contributed by atoms with Gasteiger partial charge in [0.05, 0.1) is 0 Å². The fourth-order valence-corrected chi connectivity index (χ4v) is 3.05. The van der Waals surface area contributed by atoms with Gasteiger partial charge < -0.3 is 15.0 Å². The third-order valence-electron chi connectivity index (χ3n) is 4.70. The summed E-state index contributed by atoms with van der Waals surface area (Å²) in [5.41, 5.74) is 1.93. The van der Waals surface area contributed by atoms with Crippen molar-refractivity contribution in [3.05, 3.63) is 65.5 Å². The quantitative estimate of drug-likeness (QED) is 0.661. The Morgan fingerprint density at radius 3 is 2.17 bits per heavy atom. The maximum atomic E-state index is 13.2. The lowest BCUT2D eigenvalue weighted by molar-refractivity contribution is -0.142. The predicted octanol–water partition coefficient (Wildman–Crippen LogP) is 3.71. The number of benzene rings is 2. The van der Waals surface area contributed by atoms with E-state index in [-0.39, 0.29) is 30.8 Å². The fourth-order valence-electron chi connectivity index (χ4n) is 3.05. The maximum absolute atomic E-state index is 13.2. The van der Waals surface area contributed by atoms with Crippen molar-refractivity contribution >= 4 is 11.8 Å². The summed E-state index contributed by atoms with van der Waals surface area (Å²) in [7, 11) is 0. The molecule has 0 aliphatic rings. The molecular weight excluding hydrogens is 371 g/mol. The number of hydrogen-bond acceptors (Lipinski definition) is 3. The lowest BCUT2D eigenvalue weighted by atomic mass is 10.1. The largest absolute Gasteiger partial charge is 0.484 e. The summed E-state index contributed by atoms with van der Waals surface area (Å²) in [6.45, 7) is 6.26. The van der Waals surface area contributed by atoms with E-state index in [1.807, 2.05) is 38.1 Å². The molecule has 0 bridgehead atoms. The first kappa shape index (κ1) is 22.4. The number of ether oxygens (including phenoxy) is 1. The van der Waals surface area contributed by atoms with E-state index in [1.54, 1.807) is 12.1 Å². The van der Waals surface area contributed by atoms with E-state index in [4.69, 9.17) is 4.74 Å². The Hall–Kier alpha value is -2.89. The summed E-state index contributed by atoms with van der Waals surface area (Å²) < 4.78 is 18.9. The molecule has 1 atom stereocenters. The number of rotatable bonds is 10. The van der Waals surface area contributed by atoms with Crippen LogP contribution in [0.4, 0.5) is 4.39 Å². The van der Waals surface area contributed by atoms with Crippen LogP contribution in [0.1, 0.15) is 38.3 Å². The first-order valence-electron chi connectivity index (χ1n) is 10.0. The third-order valence-corrected chi connectivity index (χ3v) is 4.70. The molecule has 0 aliphatic carbocycles. The molecule has 0 aromatic heterocycles. The van der Waals surface area contributed by atoms with Gasteiger partial charge in [-0.1, -0.05) is 38.1 Å². The molecule has 2 amide bonds. The van der Waals surface area contributed by atoms with Gasteiger partial charge in [-0.3, -0.25) is 9.59 Å². The van der Waals surface area contributed by atoms with Gasteiger partial charge in [0.2, 0.25) is 5.91 Å². The van der Waals surface area contributed by atoms with Gasteiger partial charge >= 0.3 is 0 Å². The Kier molecular flexibility index (Phi) is 8.65. The van der Waals surface area contributed by atoms with Crippen LogP contribution in [0.5, 0.6) is 5.75 Å². The molecule has 29 heavy (non-hydrogen) atoms. The second-order valence-electron chi connectivity index (χ2n) is 6.75. The Morgan fingerprint density at radius 2 is 1.62 bits per heavy atom. The molecule has 5 nitrogen and oxygen atoms in total. The number of nitrogens with zero attached hydrogens (tertiary/aromatic N) is 1. The topological polar surface area (TPSA) is 58.6 Å². The minimum Gasteiger partial charge on any atom is -0.484 e. The fraction of sp³-hybridized carbons (Fsp3) is 0.391. The second kappa shape index (κ2) is 11.2. The van der Waals surface area contributed by atoms with Crippen LogP contribution in [0.15, 0.2) is 48.5 Å². The highest BCUT2D eigenvalue weighted by molar-refractivity contribution is 5.88. The van der Waals surface area contributed by atoms with Crippen molar-refractivity contribution < 1.29 is 18.7 Å². The maximum Gasteiger partial charge on any atom is 0.261 e. The number of amides is 2. The van der Waals surface area contributed by atoms with Crippen LogP contribution >= 0.6 is 0 Å². The molecule has 0 aliphatic heterocycles. The van der Waals surface area contributed by atoms with Gasteiger partial charge in [0.25, 0.3) is 5.91 Å². The van der Waals surface area contributed by atoms with E-state index in [9.17, 15) is 14.0 Å². The molecule has 2 aromatic carbocycles. The minimum atomic E-state index is -0.626. The lowest BCUT2D eigenvalue weighted by Crippen LogP contribution is -2.50. The zero-order valence-corrected chi connectivity index (χ0v) is 17.3. The summed E-state index contributed by atoms with van der Waals surface area (Å²) in [5, 5.41) is 2.78. The van der Waals surface area contributed by atoms with Crippen LogP contribution in [-0.2, 0) is 22.6 Å². The molecule has 0 spiro atoms. The number of hydrogen-bond donors (Lipinski definition) is 1. The van der Waals surface area contributed by atoms with E-state index in [0.29, 0.717) is 18.7 Å². The molecule has 156 valence electrons. The van der Waals surface area contributed by atoms with Crippen LogP contribution in [0, 0.1) is 5.82 Å². The van der Waals surface area contributed by atoms with Crippen molar-refractivity contribution in [3.8, 4) is 5.75 Å². The first-order chi connectivity index (χ1) is 14.0. The Morgan fingerprint density at radius 1 is 1.00 bits per heavy atom. The number of carbonyl (C=O) groups is 2. The normalized spacial score (nSPS) is 11.6. The molecule has 0 saturated carbocycles. The summed E-state index contributed by atoms with van der Waals surface area (Å²) in [6, 6.07) is 12.9. The summed E-state index contributed by atoms with van der Waals surface area (Å²) >= 11 is 0. The number of halogens is 1. The number of aryl methyl sites for hydroxylation is 1. The van der Waals surface area contributed by atoms with Crippen LogP contribution in [0.25, 0.3) is 0 Å². The average Bonchev–Trinajstić information content (AvgIpc) is 2.73. The van der Waals surface area contributed by atoms with E-state index >= 15 is 0 Å². The van der Waals surface area contributed by atoms with Gasteiger partial charge in [-0.05, 0) is 55.2 Å². The molecule has 2 rings (SSSR count). The number of nitrogens with one attached hydrogen (secondary N) is 1. The highest BCUT2D eigenvalue weighted by atomic mass is 19.1. The van der Waals surface area contributed by atoms with E-state index in [2.05, 4.69) is 12.2 Å². The molecule has 0 heterocycles. The van der Waals surface area contributed by atoms with Crippen LogP contribution < -0.4 is 10.1 Å². The predicted molar refractivity (Wildman–Crippen MR) is 111 cm³/mol. The smallest absolute Gasteiger partial charge is 0.261 e. The summed E-state index contributed by atoms with van der Waals surface area (Å²) in [4.78, 5) is 27.0. The zero-order valence-electron chi connectivity index (χ0n) is 17.3. The SMILES string of the molecule is CCNC(=O)[C@H](CC)N(Cc1ccc(F)cc1)C(=O)COc1ccc(CC)cc1. The first-order valence-corrected chi connectivity index (χ1v) is 10.0. The molecule has 6 heteroatoms. The third kappa shape index (κ3) is 6.59. The van der Waals surface area contributed by atoms with Gasteiger partial charge in [0.1, 0.15) is 17.6 Å². The van der Waals surface area contributed by atoms with Crippen molar-refractivity contribution in [2.24, 2.45) is 0 Å². The zero-order chi connectivity index (χ0) is 21.2. The molecule has 0 unspecified atom stereocenters. The van der Waals surface area contributed by atoms with Crippen molar-refractivity contribution in [2.45, 2.75) is 46.2 Å². The highest BCUT2D eigenvalue weighted by Gasteiger charge is 2.28. The van der Waals surface area contributed by atoms with Crippen molar-refractivity contribution in [1.82, 2.24) is 10.2 Å². The summed E-state index contributed by atoms with van der Waals surface area (Å²) in [5.74, 6) is -0.255. The van der Waals surface area contributed by atoms with E-state index in [1.165, 1.54) is 22.6 Å². The standard InChI is InChI=1S/C23H29FN2O3/c1-4-17-9-13-20(14-10-17)29-16-22(27)26(21(5-2)23(28)25-6-3)15-18-7-11-19(24)12-8-18/h7-14,21H,4-6,15-16H2,1-3H3,(H,25,28)/t21-/m0/s1. The average molecular weight is 400 g/mol.